The van der Waals surface area contributed by atoms with Crippen molar-refractivity contribution in [2.75, 3.05) is 18.8 Å². The Labute approximate surface area is 114 Å². The summed E-state index contributed by atoms with van der Waals surface area (Å²) in [6.07, 6.45) is 4.13. The molecule has 1 unspecified atom stereocenters. The molecule has 102 valence electrons. The number of nitrogen functional groups attached to an aromatic ring is 1. The second kappa shape index (κ2) is 5.21. The van der Waals surface area contributed by atoms with Gasteiger partial charge in [-0.25, -0.2) is 0 Å². The highest BCUT2D eigenvalue weighted by molar-refractivity contribution is 5.80. The van der Waals surface area contributed by atoms with Gasteiger partial charge in [0.15, 0.2) is 0 Å². The van der Waals surface area contributed by atoms with Crippen LogP contribution < -0.4 is 11.1 Å². The minimum Gasteiger partial charge on any atom is -0.398 e. The summed E-state index contributed by atoms with van der Waals surface area (Å²) >= 11 is 0. The third kappa shape index (κ3) is 3.07. The quantitative estimate of drug-likeness (QED) is 0.798. The van der Waals surface area contributed by atoms with Crippen molar-refractivity contribution >= 4 is 11.6 Å². The van der Waals surface area contributed by atoms with E-state index in [0.717, 1.165) is 31.1 Å². The average molecular weight is 259 g/mol. The average Bonchev–Trinajstić information content (AvgIpc) is 3.14. The Balaban J connectivity index is 1.50. The van der Waals surface area contributed by atoms with Crippen molar-refractivity contribution < 1.29 is 4.79 Å². The van der Waals surface area contributed by atoms with Gasteiger partial charge in [-0.05, 0) is 30.9 Å². The number of benzene rings is 1. The molecule has 1 aliphatic heterocycles. The van der Waals surface area contributed by atoms with Gasteiger partial charge in [0, 0.05) is 30.9 Å². The molecular weight excluding hydrogens is 238 g/mol. The summed E-state index contributed by atoms with van der Waals surface area (Å²) in [5.41, 5.74) is 7.47. The van der Waals surface area contributed by atoms with E-state index in [1.807, 2.05) is 24.3 Å². The first-order valence-electron chi connectivity index (χ1n) is 7.09. The van der Waals surface area contributed by atoms with Crippen molar-refractivity contribution in [2.45, 2.75) is 37.8 Å². The van der Waals surface area contributed by atoms with Crippen LogP contribution >= 0.6 is 0 Å². The number of nitrogens with zero attached hydrogens (tertiary/aromatic N) is 1. The van der Waals surface area contributed by atoms with Crippen molar-refractivity contribution in [3.05, 3.63) is 29.8 Å². The number of amides is 1. The molecule has 4 heteroatoms. The van der Waals surface area contributed by atoms with E-state index in [4.69, 9.17) is 5.73 Å². The fraction of sp³-hybridized carbons (Fsp3) is 0.533. The van der Waals surface area contributed by atoms with Crippen molar-refractivity contribution in [1.82, 2.24) is 10.2 Å². The van der Waals surface area contributed by atoms with Crippen molar-refractivity contribution in [3.8, 4) is 0 Å². The molecule has 2 aliphatic rings. The van der Waals surface area contributed by atoms with Crippen LogP contribution in [0.5, 0.6) is 0 Å². The van der Waals surface area contributed by atoms with Crippen LogP contribution in [0, 0.1) is 0 Å². The summed E-state index contributed by atoms with van der Waals surface area (Å²) in [5.74, 6) is 0.0838. The lowest BCUT2D eigenvalue weighted by Crippen LogP contribution is -2.38. The molecule has 0 spiro atoms. The molecular formula is C15H21N3O. The Morgan fingerprint density at radius 1 is 1.32 bits per heavy atom. The molecule has 19 heavy (non-hydrogen) atoms. The van der Waals surface area contributed by atoms with E-state index in [0.29, 0.717) is 18.2 Å². The van der Waals surface area contributed by atoms with Crippen LogP contribution in [0.4, 0.5) is 5.69 Å². The summed E-state index contributed by atoms with van der Waals surface area (Å²) in [6.45, 7) is 2.14. The summed E-state index contributed by atoms with van der Waals surface area (Å²) in [7, 11) is 0. The highest BCUT2D eigenvalue weighted by atomic mass is 16.1. The Hall–Kier alpha value is -1.55. The normalized spacial score (nSPS) is 23.5. The van der Waals surface area contributed by atoms with Crippen LogP contribution in [0.25, 0.3) is 0 Å². The van der Waals surface area contributed by atoms with Gasteiger partial charge in [0.1, 0.15) is 0 Å². The molecule has 0 bridgehead atoms. The molecule has 1 aliphatic carbocycles. The van der Waals surface area contributed by atoms with Gasteiger partial charge in [0.05, 0.1) is 6.42 Å². The van der Waals surface area contributed by atoms with Crippen LogP contribution in [0.3, 0.4) is 0 Å². The second-order valence-corrected chi connectivity index (χ2v) is 5.65. The van der Waals surface area contributed by atoms with E-state index in [2.05, 4.69) is 10.2 Å². The molecule has 1 amide bonds. The number of para-hydroxylation sites is 1. The van der Waals surface area contributed by atoms with Crippen LogP contribution in [0.2, 0.25) is 0 Å². The van der Waals surface area contributed by atoms with E-state index >= 15 is 0 Å². The number of hydrogen-bond donors (Lipinski definition) is 2. The van der Waals surface area contributed by atoms with Gasteiger partial charge in [0.2, 0.25) is 5.91 Å². The SMILES string of the molecule is Nc1ccccc1CC(=O)NC1CCN(C2CC2)C1. The maximum atomic E-state index is 12.0. The number of nitrogens with two attached hydrogens (primary N) is 1. The molecule has 1 atom stereocenters. The molecule has 3 N–H and O–H groups in total. The Morgan fingerprint density at radius 2 is 2.11 bits per heavy atom. The minimum absolute atomic E-state index is 0.0838. The number of nitrogens with one attached hydrogen (secondary N) is 1. The number of anilines is 1. The molecule has 1 saturated heterocycles. The summed E-state index contributed by atoms with van der Waals surface area (Å²) in [4.78, 5) is 14.5. The van der Waals surface area contributed by atoms with Gasteiger partial charge in [-0.3, -0.25) is 9.69 Å². The number of carbonyl (C=O) groups is 1. The first kappa shape index (κ1) is 12.5. The minimum atomic E-state index is 0.0838. The summed E-state index contributed by atoms with van der Waals surface area (Å²) in [5, 5.41) is 3.13. The topological polar surface area (TPSA) is 58.4 Å². The van der Waals surface area contributed by atoms with E-state index in [9.17, 15) is 4.79 Å². The molecule has 1 aromatic rings. The lowest BCUT2D eigenvalue weighted by atomic mass is 10.1. The van der Waals surface area contributed by atoms with Crippen LogP contribution in [0.1, 0.15) is 24.8 Å². The third-order valence-corrected chi connectivity index (χ3v) is 4.05. The van der Waals surface area contributed by atoms with Crippen LogP contribution in [-0.4, -0.2) is 36.0 Å². The Morgan fingerprint density at radius 3 is 2.84 bits per heavy atom. The Kier molecular flexibility index (Phi) is 3.42. The maximum absolute atomic E-state index is 12.0. The van der Waals surface area contributed by atoms with E-state index in [1.165, 1.54) is 12.8 Å². The van der Waals surface area contributed by atoms with E-state index in [1.54, 1.807) is 0 Å². The third-order valence-electron chi connectivity index (χ3n) is 4.05. The number of likely N-dealkylation sites (tertiary alicyclic amines) is 1. The Bertz CT molecular complexity index is 470. The highest BCUT2D eigenvalue weighted by Gasteiger charge is 2.34. The molecule has 1 heterocycles. The molecule has 1 aromatic carbocycles. The fourth-order valence-corrected chi connectivity index (χ4v) is 2.82. The van der Waals surface area contributed by atoms with Crippen molar-refractivity contribution in [2.24, 2.45) is 0 Å². The number of hydrogen-bond acceptors (Lipinski definition) is 3. The second-order valence-electron chi connectivity index (χ2n) is 5.65. The predicted molar refractivity (Wildman–Crippen MR) is 75.7 cm³/mol. The zero-order valence-corrected chi connectivity index (χ0v) is 11.1. The van der Waals surface area contributed by atoms with Gasteiger partial charge in [0.25, 0.3) is 0 Å². The molecule has 1 saturated carbocycles. The highest BCUT2D eigenvalue weighted by Crippen LogP contribution is 2.29. The molecule has 0 aromatic heterocycles. The monoisotopic (exact) mass is 259 g/mol. The predicted octanol–water partition coefficient (Wildman–Crippen LogP) is 1.16. The molecule has 3 rings (SSSR count). The zero-order chi connectivity index (χ0) is 13.2. The lowest BCUT2D eigenvalue weighted by molar-refractivity contribution is -0.121. The van der Waals surface area contributed by atoms with Gasteiger partial charge in [-0.15, -0.1) is 0 Å². The number of carbonyl (C=O) groups excluding carboxylic acids is 1. The zero-order valence-electron chi connectivity index (χ0n) is 11.1. The van der Waals surface area contributed by atoms with Crippen molar-refractivity contribution in [1.29, 1.82) is 0 Å². The van der Waals surface area contributed by atoms with Crippen molar-refractivity contribution in [3.63, 3.8) is 0 Å². The summed E-state index contributed by atoms with van der Waals surface area (Å²) < 4.78 is 0. The van der Waals surface area contributed by atoms with Gasteiger partial charge >= 0.3 is 0 Å². The van der Waals surface area contributed by atoms with Crippen LogP contribution in [0.15, 0.2) is 24.3 Å². The lowest BCUT2D eigenvalue weighted by Gasteiger charge is -2.16. The van der Waals surface area contributed by atoms with E-state index < -0.39 is 0 Å². The largest absolute Gasteiger partial charge is 0.398 e. The maximum Gasteiger partial charge on any atom is 0.224 e. The molecule has 0 radical (unpaired) electrons. The summed E-state index contributed by atoms with van der Waals surface area (Å²) in [6, 6.07) is 8.68. The first-order chi connectivity index (χ1) is 9.22. The van der Waals surface area contributed by atoms with Gasteiger partial charge in [-0.2, -0.15) is 0 Å². The molecule has 2 fully saturated rings. The fourth-order valence-electron chi connectivity index (χ4n) is 2.82. The van der Waals surface area contributed by atoms with Gasteiger partial charge < -0.3 is 11.1 Å². The smallest absolute Gasteiger partial charge is 0.224 e. The molecule has 4 nitrogen and oxygen atoms in total. The van der Waals surface area contributed by atoms with E-state index in [-0.39, 0.29) is 5.91 Å². The van der Waals surface area contributed by atoms with Crippen LogP contribution in [-0.2, 0) is 11.2 Å². The standard InChI is InChI=1S/C15H21N3O/c16-14-4-2-1-3-11(14)9-15(19)17-12-7-8-18(10-12)13-5-6-13/h1-4,12-13H,5-10,16H2,(H,17,19). The number of rotatable bonds is 4. The first-order valence-corrected chi connectivity index (χ1v) is 7.09. The van der Waals surface area contributed by atoms with Gasteiger partial charge in [-0.1, -0.05) is 18.2 Å².